The number of rotatable bonds is 4. The lowest BCUT2D eigenvalue weighted by atomic mass is 10.1. The van der Waals surface area contributed by atoms with Crippen LogP contribution in [0.5, 0.6) is 0 Å². The fraction of sp³-hybridized carbons (Fsp3) is 0.100. The van der Waals surface area contributed by atoms with Crippen molar-refractivity contribution < 1.29 is 4.79 Å². The van der Waals surface area contributed by atoms with Gasteiger partial charge in [0.1, 0.15) is 0 Å². The maximum absolute atomic E-state index is 12.1. The van der Waals surface area contributed by atoms with Gasteiger partial charge in [0, 0.05) is 23.5 Å². The zero-order valence-electron chi connectivity index (χ0n) is 13.7. The first-order chi connectivity index (χ1) is 11.6. The Labute approximate surface area is 141 Å². The molecule has 0 spiro atoms. The molecule has 120 valence electrons. The molecule has 0 fully saturated rings. The number of para-hydroxylation sites is 1. The van der Waals surface area contributed by atoms with Crippen molar-refractivity contribution >= 4 is 17.7 Å². The number of nitrogens with one attached hydrogen (secondary N) is 1. The molecule has 2 aromatic carbocycles. The summed E-state index contributed by atoms with van der Waals surface area (Å²) in [4.78, 5) is 12.1. The van der Waals surface area contributed by atoms with E-state index in [1.807, 2.05) is 68.6 Å². The van der Waals surface area contributed by atoms with E-state index in [2.05, 4.69) is 10.4 Å². The molecule has 0 saturated heterocycles. The number of aromatic nitrogens is 2. The minimum Gasteiger partial charge on any atom is -0.322 e. The van der Waals surface area contributed by atoms with Crippen LogP contribution in [0.4, 0.5) is 5.69 Å². The van der Waals surface area contributed by atoms with Crippen LogP contribution in [-0.4, -0.2) is 15.7 Å². The van der Waals surface area contributed by atoms with Crippen LogP contribution >= 0.6 is 0 Å². The van der Waals surface area contributed by atoms with E-state index in [0.717, 1.165) is 28.1 Å². The molecule has 1 N–H and O–H groups in total. The standard InChI is InChI=1S/C20H19N3O/c1-15-7-6-10-19(16(15)2)22-20(24)12-11-17-13-21-23(14-17)18-8-4-3-5-9-18/h3-14H,1-2H3,(H,22,24)/b12-11+. The molecule has 0 bridgehead atoms. The van der Waals surface area contributed by atoms with Gasteiger partial charge in [-0.15, -0.1) is 0 Å². The Kier molecular flexibility index (Phi) is 4.57. The van der Waals surface area contributed by atoms with Gasteiger partial charge in [-0.1, -0.05) is 30.3 Å². The van der Waals surface area contributed by atoms with Gasteiger partial charge < -0.3 is 5.32 Å². The summed E-state index contributed by atoms with van der Waals surface area (Å²) in [6, 6.07) is 15.7. The van der Waals surface area contributed by atoms with Gasteiger partial charge in [0.2, 0.25) is 5.91 Å². The Bertz CT molecular complexity index is 879. The summed E-state index contributed by atoms with van der Waals surface area (Å²) in [6.07, 6.45) is 6.90. The van der Waals surface area contributed by atoms with Crippen molar-refractivity contribution in [1.82, 2.24) is 9.78 Å². The van der Waals surface area contributed by atoms with Crippen molar-refractivity contribution in [3.05, 3.63) is 83.7 Å². The zero-order chi connectivity index (χ0) is 16.9. The van der Waals surface area contributed by atoms with E-state index >= 15 is 0 Å². The van der Waals surface area contributed by atoms with Gasteiger partial charge in [-0.25, -0.2) is 4.68 Å². The van der Waals surface area contributed by atoms with E-state index in [1.54, 1.807) is 17.0 Å². The summed E-state index contributed by atoms with van der Waals surface area (Å²) in [5, 5.41) is 7.21. The Balaban J connectivity index is 1.69. The van der Waals surface area contributed by atoms with E-state index in [1.165, 1.54) is 6.08 Å². The fourth-order valence-electron chi connectivity index (χ4n) is 2.38. The molecule has 0 saturated carbocycles. The van der Waals surface area contributed by atoms with E-state index in [9.17, 15) is 4.79 Å². The lowest BCUT2D eigenvalue weighted by Crippen LogP contribution is -2.09. The minimum atomic E-state index is -0.156. The molecule has 0 aliphatic rings. The van der Waals surface area contributed by atoms with Crippen molar-refractivity contribution in [2.75, 3.05) is 5.32 Å². The average Bonchev–Trinajstić information content (AvgIpc) is 3.07. The lowest BCUT2D eigenvalue weighted by Gasteiger charge is -2.08. The molecule has 0 unspecified atom stereocenters. The molecule has 0 radical (unpaired) electrons. The SMILES string of the molecule is Cc1cccc(NC(=O)/C=C/c2cnn(-c3ccccc3)c2)c1C. The monoisotopic (exact) mass is 317 g/mol. The molecule has 4 nitrogen and oxygen atoms in total. The second-order valence-corrected chi connectivity index (χ2v) is 5.62. The Morgan fingerprint density at radius 3 is 2.67 bits per heavy atom. The third-order valence-corrected chi connectivity index (χ3v) is 3.91. The van der Waals surface area contributed by atoms with Crippen molar-refractivity contribution in [2.24, 2.45) is 0 Å². The number of aryl methyl sites for hydroxylation is 1. The van der Waals surface area contributed by atoms with Crippen LogP contribution in [0, 0.1) is 13.8 Å². The van der Waals surface area contributed by atoms with Crippen molar-refractivity contribution in [3.8, 4) is 5.69 Å². The largest absolute Gasteiger partial charge is 0.322 e. The van der Waals surface area contributed by atoms with Crippen LogP contribution in [0.2, 0.25) is 0 Å². The maximum atomic E-state index is 12.1. The number of anilines is 1. The first-order valence-electron chi connectivity index (χ1n) is 7.79. The number of amides is 1. The van der Waals surface area contributed by atoms with Gasteiger partial charge in [-0.2, -0.15) is 5.10 Å². The van der Waals surface area contributed by atoms with E-state index in [4.69, 9.17) is 0 Å². The second kappa shape index (κ2) is 6.96. The van der Waals surface area contributed by atoms with E-state index in [0.29, 0.717) is 0 Å². The van der Waals surface area contributed by atoms with Gasteiger partial charge in [0.25, 0.3) is 0 Å². The molecule has 3 aromatic rings. The van der Waals surface area contributed by atoms with Crippen molar-refractivity contribution in [2.45, 2.75) is 13.8 Å². The zero-order valence-corrected chi connectivity index (χ0v) is 13.7. The number of carbonyl (C=O) groups excluding carboxylic acids is 1. The normalized spacial score (nSPS) is 10.9. The average molecular weight is 317 g/mol. The Hall–Kier alpha value is -3.14. The molecular formula is C20H19N3O. The second-order valence-electron chi connectivity index (χ2n) is 5.62. The number of benzene rings is 2. The number of hydrogen-bond donors (Lipinski definition) is 1. The number of nitrogens with zero attached hydrogens (tertiary/aromatic N) is 2. The Morgan fingerprint density at radius 1 is 1.08 bits per heavy atom. The molecular weight excluding hydrogens is 298 g/mol. The van der Waals surface area contributed by atoms with Crippen LogP contribution < -0.4 is 5.32 Å². The molecule has 0 atom stereocenters. The van der Waals surface area contributed by atoms with E-state index < -0.39 is 0 Å². The van der Waals surface area contributed by atoms with E-state index in [-0.39, 0.29) is 5.91 Å². The first-order valence-corrected chi connectivity index (χ1v) is 7.79. The molecule has 24 heavy (non-hydrogen) atoms. The molecule has 4 heteroatoms. The van der Waals surface area contributed by atoms with Crippen LogP contribution in [0.3, 0.4) is 0 Å². The summed E-state index contributed by atoms with van der Waals surface area (Å²) < 4.78 is 1.78. The molecule has 1 heterocycles. The van der Waals surface area contributed by atoms with Gasteiger partial charge in [0.15, 0.2) is 0 Å². The highest BCUT2D eigenvalue weighted by Gasteiger charge is 2.03. The summed E-state index contributed by atoms with van der Waals surface area (Å²) in [7, 11) is 0. The fourth-order valence-corrected chi connectivity index (χ4v) is 2.38. The predicted octanol–water partition coefficient (Wildman–Crippen LogP) is 4.14. The first kappa shape index (κ1) is 15.7. The maximum Gasteiger partial charge on any atom is 0.248 e. The molecule has 3 rings (SSSR count). The highest BCUT2D eigenvalue weighted by Crippen LogP contribution is 2.18. The highest BCUT2D eigenvalue weighted by atomic mass is 16.1. The minimum absolute atomic E-state index is 0.156. The highest BCUT2D eigenvalue weighted by molar-refractivity contribution is 6.02. The van der Waals surface area contributed by atoms with Crippen LogP contribution in [-0.2, 0) is 4.79 Å². The summed E-state index contributed by atoms with van der Waals surface area (Å²) in [6.45, 7) is 4.03. The van der Waals surface area contributed by atoms with Crippen LogP contribution in [0.25, 0.3) is 11.8 Å². The molecule has 1 aromatic heterocycles. The number of carbonyl (C=O) groups is 1. The van der Waals surface area contributed by atoms with Gasteiger partial charge >= 0.3 is 0 Å². The topological polar surface area (TPSA) is 46.9 Å². The van der Waals surface area contributed by atoms with Crippen LogP contribution in [0.1, 0.15) is 16.7 Å². The third-order valence-electron chi connectivity index (χ3n) is 3.91. The lowest BCUT2D eigenvalue weighted by molar-refractivity contribution is -0.111. The van der Waals surface area contributed by atoms with Crippen molar-refractivity contribution in [3.63, 3.8) is 0 Å². The summed E-state index contributed by atoms with van der Waals surface area (Å²) in [5.74, 6) is -0.156. The number of hydrogen-bond acceptors (Lipinski definition) is 2. The van der Waals surface area contributed by atoms with Crippen LogP contribution in [0.15, 0.2) is 67.0 Å². The summed E-state index contributed by atoms with van der Waals surface area (Å²) in [5.41, 5.74) is 4.92. The van der Waals surface area contributed by atoms with Gasteiger partial charge in [-0.3, -0.25) is 4.79 Å². The third kappa shape index (κ3) is 3.60. The molecule has 1 amide bonds. The quantitative estimate of drug-likeness (QED) is 0.735. The van der Waals surface area contributed by atoms with Crippen molar-refractivity contribution in [1.29, 1.82) is 0 Å². The van der Waals surface area contributed by atoms with Gasteiger partial charge in [-0.05, 0) is 49.2 Å². The van der Waals surface area contributed by atoms with Gasteiger partial charge in [0.05, 0.1) is 11.9 Å². The predicted molar refractivity (Wildman–Crippen MR) is 97.1 cm³/mol. The smallest absolute Gasteiger partial charge is 0.248 e. The molecule has 0 aliphatic carbocycles. The summed E-state index contributed by atoms with van der Waals surface area (Å²) >= 11 is 0. The molecule has 0 aliphatic heterocycles. The Morgan fingerprint density at radius 2 is 1.88 bits per heavy atom.